The van der Waals surface area contributed by atoms with Gasteiger partial charge in [-0.25, -0.2) is 4.57 Å². The predicted molar refractivity (Wildman–Crippen MR) is 316 cm³/mol. The molecular formula is C64H117O11P. The molecule has 444 valence electrons. The highest BCUT2D eigenvalue weighted by atomic mass is 31.2. The molecule has 11 nitrogen and oxygen atoms in total. The molecule has 0 saturated carbocycles. The van der Waals surface area contributed by atoms with Crippen molar-refractivity contribution in [1.82, 2.24) is 0 Å². The van der Waals surface area contributed by atoms with Crippen molar-refractivity contribution in [3.8, 4) is 0 Å². The van der Waals surface area contributed by atoms with Gasteiger partial charge in [0.25, 0.3) is 0 Å². The Kier molecular flexibility index (Phi) is 56.6. The maximum atomic E-state index is 12.9. The average molecular weight is 1090 g/mol. The minimum Gasteiger partial charge on any atom is -0.462 e. The molecule has 0 aliphatic rings. The molecule has 0 heterocycles. The van der Waals surface area contributed by atoms with E-state index in [1.165, 1.54) is 135 Å². The van der Waals surface area contributed by atoms with Crippen LogP contribution in [-0.4, -0.2) is 66.5 Å². The lowest BCUT2D eigenvalue weighted by molar-refractivity contribution is -0.161. The molecule has 0 aliphatic heterocycles. The van der Waals surface area contributed by atoms with E-state index in [2.05, 4.69) is 69.4 Å². The van der Waals surface area contributed by atoms with Gasteiger partial charge in [-0.1, -0.05) is 249 Å². The van der Waals surface area contributed by atoms with Crippen LogP contribution in [0.4, 0.5) is 0 Å². The van der Waals surface area contributed by atoms with Crippen LogP contribution in [0.5, 0.6) is 0 Å². The summed E-state index contributed by atoms with van der Waals surface area (Å²) in [5.74, 6) is -1.48. The average Bonchev–Trinajstić information content (AvgIpc) is 3.41. The molecule has 0 aromatic rings. The SMILES string of the molecule is CCCCC/C=C\C/C=C\CCCCCCCC(=O)OC(CO)COP(=O)(O)OCC(COC(=O)CCCCCCCCCCCCCCCCCCCCC)OC(=O)CCCCCCC/C=C\C/C=C\CCCCC. The maximum absolute atomic E-state index is 12.9. The van der Waals surface area contributed by atoms with Gasteiger partial charge in [-0.3, -0.25) is 23.4 Å². The van der Waals surface area contributed by atoms with Crippen LogP contribution in [0.1, 0.15) is 303 Å². The summed E-state index contributed by atoms with van der Waals surface area (Å²) in [7, 11) is -4.76. The van der Waals surface area contributed by atoms with Crippen LogP contribution in [0.3, 0.4) is 0 Å². The molecule has 3 atom stereocenters. The van der Waals surface area contributed by atoms with E-state index in [-0.39, 0.29) is 25.9 Å². The number of carbonyl (C=O) groups is 3. The predicted octanol–water partition coefficient (Wildman–Crippen LogP) is 18.9. The maximum Gasteiger partial charge on any atom is 0.472 e. The Hall–Kier alpha value is -2.56. The van der Waals surface area contributed by atoms with Crippen molar-refractivity contribution in [3.63, 3.8) is 0 Å². The quantitative estimate of drug-likeness (QED) is 0.0197. The fourth-order valence-corrected chi connectivity index (χ4v) is 9.67. The van der Waals surface area contributed by atoms with Gasteiger partial charge in [0.05, 0.1) is 19.8 Å². The molecule has 0 aromatic heterocycles. The molecular weight excluding hydrogens is 976 g/mol. The van der Waals surface area contributed by atoms with E-state index in [0.717, 1.165) is 109 Å². The minimum atomic E-state index is -4.76. The first-order valence-electron chi connectivity index (χ1n) is 31.5. The topological polar surface area (TPSA) is 155 Å². The number of unbranched alkanes of at least 4 members (excludes halogenated alkanes) is 34. The second kappa shape index (κ2) is 58.6. The fraction of sp³-hybridized carbons (Fsp3) is 0.828. The monoisotopic (exact) mass is 1090 g/mol. The molecule has 2 N–H and O–H groups in total. The van der Waals surface area contributed by atoms with Gasteiger partial charge in [-0.2, -0.15) is 0 Å². The minimum absolute atomic E-state index is 0.153. The van der Waals surface area contributed by atoms with Crippen molar-refractivity contribution in [3.05, 3.63) is 48.6 Å². The van der Waals surface area contributed by atoms with Crippen molar-refractivity contribution in [2.24, 2.45) is 0 Å². The zero-order valence-electron chi connectivity index (χ0n) is 49.2. The number of ether oxygens (including phenoxy) is 3. The van der Waals surface area contributed by atoms with Crippen LogP contribution >= 0.6 is 7.82 Å². The van der Waals surface area contributed by atoms with E-state index in [9.17, 15) is 28.9 Å². The normalized spacial score (nSPS) is 13.6. The summed E-state index contributed by atoms with van der Waals surface area (Å²) in [4.78, 5) is 48.7. The summed E-state index contributed by atoms with van der Waals surface area (Å²) in [6.45, 7) is 4.61. The Morgan fingerprint density at radius 3 is 1.00 bits per heavy atom. The van der Waals surface area contributed by atoms with Crippen molar-refractivity contribution >= 4 is 25.7 Å². The van der Waals surface area contributed by atoms with E-state index in [4.69, 9.17) is 23.3 Å². The largest absolute Gasteiger partial charge is 0.472 e. The summed E-state index contributed by atoms with van der Waals surface area (Å²) in [6.07, 6.45) is 63.5. The third-order valence-corrected chi connectivity index (χ3v) is 14.7. The molecule has 0 spiro atoms. The summed E-state index contributed by atoms with van der Waals surface area (Å²) in [5, 5.41) is 9.83. The standard InChI is InChI=1S/C64H117O11P/c1-4-7-10-13-16-19-22-25-28-29-30-31-34-35-38-41-44-47-50-53-62(66)71-57-61(75-64(68)55-52-49-46-43-40-37-33-27-24-21-18-15-12-9-6-3)59-73-76(69,70)72-58-60(56-65)74-63(67)54-51-48-45-42-39-36-32-26-23-20-17-14-11-8-5-2/h17-18,20-21,26-27,32-33,60-61,65H,4-16,19,22-25,28-31,34-59H2,1-3H3,(H,69,70)/b20-17-,21-18-,32-26-,33-27-. The van der Waals surface area contributed by atoms with E-state index in [0.29, 0.717) is 19.3 Å². The number of aliphatic hydroxyl groups is 1. The van der Waals surface area contributed by atoms with Gasteiger partial charge < -0.3 is 24.2 Å². The van der Waals surface area contributed by atoms with Gasteiger partial charge in [0.1, 0.15) is 12.7 Å². The van der Waals surface area contributed by atoms with Crippen LogP contribution in [0.2, 0.25) is 0 Å². The Morgan fingerprint density at radius 1 is 0.368 bits per heavy atom. The molecule has 0 aliphatic carbocycles. The Labute approximate surface area is 466 Å². The van der Waals surface area contributed by atoms with Gasteiger partial charge >= 0.3 is 25.7 Å². The molecule has 0 rings (SSSR count). The zero-order chi connectivity index (χ0) is 55.5. The van der Waals surface area contributed by atoms with E-state index >= 15 is 0 Å². The molecule has 0 radical (unpaired) electrons. The number of rotatable bonds is 59. The van der Waals surface area contributed by atoms with Crippen LogP contribution in [0.25, 0.3) is 0 Å². The van der Waals surface area contributed by atoms with Gasteiger partial charge in [-0.05, 0) is 83.5 Å². The van der Waals surface area contributed by atoms with E-state index in [1.54, 1.807) is 0 Å². The summed E-state index contributed by atoms with van der Waals surface area (Å²) in [5.41, 5.74) is 0. The van der Waals surface area contributed by atoms with Crippen molar-refractivity contribution in [2.45, 2.75) is 315 Å². The molecule has 0 fully saturated rings. The summed E-state index contributed by atoms with van der Waals surface area (Å²) >= 11 is 0. The molecule has 0 amide bonds. The van der Waals surface area contributed by atoms with E-state index < -0.39 is 57.8 Å². The van der Waals surface area contributed by atoms with Gasteiger partial charge in [0, 0.05) is 19.3 Å². The first kappa shape index (κ1) is 73.4. The van der Waals surface area contributed by atoms with Crippen LogP contribution in [0.15, 0.2) is 48.6 Å². The lowest BCUT2D eigenvalue weighted by atomic mass is 10.0. The lowest BCUT2D eigenvalue weighted by Gasteiger charge is -2.21. The number of carbonyl (C=O) groups excluding carboxylic acids is 3. The van der Waals surface area contributed by atoms with Gasteiger partial charge in [-0.15, -0.1) is 0 Å². The van der Waals surface area contributed by atoms with Crippen molar-refractivity contribution in [1.29, 1.82) is 0 Å². The second-order valence-corrected chi connectivity index (χ2v) is 22.7. The summed E-state index contributed by atoms with van der Waals surface area (Å²) < 4.78 is 39.6. The third-order valence-electron chi connectivity index (χ3n) is 13.7. The number of phosphoric acid groups is 1. The molecule has 76 heavy (non-hydrogen) atoms. The van der Waals surface area contributed by atoms with Crippen LogP contribution in [0, 0.1) is 0 Å². The smallest absolute Gasteiger partial charge is 0.462 e. The highest BCUT2D eigenvalue weighted by molar-refractivity contribution is 7.47. The number of allylic oxidation sites excluding steroid dienone is 8. The number of hydrogen-bond donors (Lipinski definition) is 2. The van der Waals surface area contributed by atoms with Crippen LogP contribution in [-0.2, 0) is 42.2 Å². The number of hydrogen-bond acceptors (Lipinski definition) is 10. The van der Waals surface area contributed by atoms with Gasteiger partial charge in [0.2, 0.25) is 0 Å². The Morgan fingerprint density at radius 2 is 0.645 bits per heavy atom. The molecule has 12 heteroatoms. The number of aliphatic hydroxyl groups excluding tert-OH is 1. The fourth-order valence-electron chi connectivity index (χ4n) is 8.89. The van der Waals surface area contributed by atoms with Crippen molar-refractivity contribution in [2.75, 3.05) is 26.4 Å². The molecule has 0 bridgehead atoms. The van der Waals surface area contributed by atoms with E-state index in [1.807, 2.05) is 0 Å². The first-order chi connectivity index (χ1) is 37.2. The Balaban J connectivity index is 4.68. The highest BCUT2D eigenvalue weighted by Gasteiger charge is 2.28. The second-order valence-electron chi connectivity index (χ2n) is 21.2. The third kappa shape index (κ3) is 56.2. The zero-order valence-corrected chi connectivity index (χ0v) is 50.1. The first-order valence-corrected chi connectivity index (χ1v) is 33.0. The Bertz CT molecular complexity index is 1460. The molecule has 0 aromatic carbocycles. The highest BCUT2D eigenvalue weighted by Crippen LogP contribution is 2.43. The molecule has 3 unspecified atom stereocenters. The number of esters is 3. The van der Waals surface area contributed by atoms with Crippen molar-refractivity contribution < 1.29 is 52.2 Å². The lowest BCUT2D eigenvalue weighted by Crippen LogP contribution is -2.30. The molecule has 0 saturated heterocycles. The summed E-state index contributed by atoms with van der Waals surface area (Å²) in [6, 6.07) is 0. The van der Waals surface area contributed by atoms with Gasteiger partial charge in [0.15, 0.2) is 6.10 Å². The van der Waals surface area contributed by atoms with Crippen LogP contribution < -0.4 is 0 Å². The number of phosphoric ester groups is 1.